The summed E-state index contributed by atoms with van der Waals surface area (Å²) >= 11 is 4.28. The predicted molar refractivity (Wildman–Crippen MR) is 245 cm³/mol. The van der Waals surface area contributed by atoms with Crippen molar-refractivity contribution in [3.05, 3.63) is 190 Å². The van der Waals surface area contributed by atoms with Gasteiger partial charge in [0.2, 0.25) is 0 Å². The van der Waals surface area contributed by atoms with Crippen LogP contribution >= 0.6 is 34.4 Å². The van der Waals surface area contributed by atoms with Gasteiger partial charge in [0.1, 0.15) is 59.0 Å². The van der Waals surface area contributed by atoms with Gasteiger partial charge in [-0.25, -0.2) is 14.8 Å². The molecule has 63 heavy (non-hydrogen) atoms. The summed E-state index contributed by atoms with van der Waals surface area (Å²) in [6.07, 6.45) is 7.21. The van der Waals surface area contributed by atoms with Crippen molar-refractivity contribution in [3.8, 4) is 5.75 Å². The van der Waals surface area contributed by atoms with E-state index in [4.69, 9.17) is 19.3 Å². The number of allylic oxidation sites excluding steroid dienone is 1. The largest absolute Gasteiger partial charge is 0.497 e. The lowest BCUT2D eigenvalue weighted by Crippen LogP contribution is -2.71. The lowest BCUT2D eigenvalue weighted by molar-refractivity contribution is -0.153. The number of imidazole rings is 1. The third-order valence-corrected chi connectivity index (χ3v) is 13.7. The normalized spacial score (nSPS) is 16.4. The quantitative estimate of drug-likeness (QED) is 0.0345. The molecule has 9 rings (SSSR count). The number of oxime groups is 1. The van der Waals surface area contributed by atoms with Gasteiger partial charge in [0.15, 0.2) is 10.8 Å². The van der Waals surface area contributed by atoms with E-state index in [9.17, 15) is 14.4 Å². The maximum atomic E-state index is 14.1. The molecule has 2 amide bonds. The Morgan fingerprint density at radius 2 is 1.54 bits per heavy atom. The van der Waals surface area contributed by atoms with Gasteiger partial charge in [-0.15, -0.1) is 34.4 Å². The number of benzene rings is 4. The van der Waals surface area contributed by atoms with E-state index in [1.165, 1.54) is 35.1 Å². The van der Waals surface area contributed by atoms with Gasteiger partial charge in [-0.3, -0.25) is 18.9 Å². The lowest BCUT2D eigenvalue weighted by Gasteiger charge is -2.49. The summed E-state index contributed by atoms with van der Waals surface area (Å²) in [5.74, 6) is -0.741. The second kappa shape index (κ2) is 18.1. The number of thioether (sulfide) groups is 1. The van der Waals surface area contributed by atoms with Gasteiger partial charge in [0.05, 0.1) is 19.0 Å². The molecule has 3 aromatic heterocycles. The highest BCUT2D eigenvalue weighted by molar-refractivity contribution is 8.00. The fourth-order valence-electron chi connectivity index (χ4n) is 7.63. The lowest BCUT2D eigenvalue weighted by atomic mass is 9.77. The Bertz CT molecular complexity index is 2760. The molecule has 2 atom stereocenters. The molecule has 0 radical (unpaired) electrons. The van der Waals surface area contributed by atoms with Gasteiger partial charge in [-0.1, -0.05) is 114 Å². The standard InChI is InChI=1S/C47H39N7O6S3/c1-58-36-22-18-30(19-23-36)25-60-45(57)41-31(20-21-35-27-61-38-24-48-29-53(35)38)26-62-44-40(43(56)54(41)44)50-42(55)39(52-59-2)37-28-63-46(49-37)51-47(32-12-6-3-7-13-32,33-14-8-4-9-15-33)34-16-10-5-11-17-34/h3-24,27-29,40,44H,25-26H2,1-2H3,(H,49,51)(H,50,55)/b21-20?,52-39-/t40-,44-/m1/s1. The van der Waals surface area contributed by atoms with Crippen LogP contribution in [0.1, 0.15) is 33.6 Å². The Balaban J connectivity index is 0.969. The smallest absolute Gasteiger partial charge is 0.355 e. The number of methoxy groups -OCH3 is 1. The number of esters is 1. The zero-order valence-electron chi connectivity index (χ0n) is 33.9. The van der Waals surface area contributed by atoms with Crippen LogP contribution in [0.4, 0.5) is 5.13 Å². The summed E-state index contributed by atoms with van der Waals surface area (Å²) in [6, 6.07) is 36.5. The summed E-state index contributed by atoms with van der Waals surface area (Å²) in [5.41, 5.74) is 4.59. The van der Waals surface area contributed by atoms with Crippen molar-refractivity contribution in [1.29, 1.82) is 0 Å². The van der Waals surface area contributed by atoms with Gasteiger partial charge in [-0.2, -0.15) is 0 Å². The summed E-state index contributed by atoms with van der Waals surface area (Å²) in [4.78, 5) is 58.8. The third kappa shape index (κ3) is 8.11. The Hall–Kier alpha value is -7.01. The molecule has 2 aliphatic heterocycles. The van der Waals surface area contributed by atoms with Crippen LogP contribution in [0, 0.1) is 0 Å². The Morgan fingerprint density at radius 1 is 0.873 bits per heavy atom. The van der Waals surface area contributed by atoms with E-state index in [-0.39, 0.29) is 23.7 Å². The number of ether oxygens (including phenoxy) is 2. The first-order valence-corrected chi connectivity index (χ1v) is 22.6. The van der Waals surface area contributed by atoms with Gasteiger partial charge >= 0.3 is 5.97 Å². The van der Waals surface area contributed by atoms with Crippen LogP contribution in [0.15, 0.2) is 161 Å². The number of fused-ring (bicyclic) bond motifs is 2. The van der Waals surface area contributed by atoms with Crippen LogP contribution in [-0.4, -0.2) is 74.2 Å². The summed E-state index contributed by atoms with van der Waals surface area (Å²) in [5, 5.41) is 14.3. The zero-order valence-corrected chi connectivity index (χ0v) is 36.4. The third-order valence-electron chi connectivity index (χ3n) is 10.7. The van der Waals surface area contributed by atoms with E-state index in [0.717, 1.165) is 32.8 Å². The highest BCUT2D eigenvalue weighted by atomic mass is 32.2. The van der Waals surface area contributed by atoms with Crippen LogP contribution < -0.4 is 15.4 Å². The molecule has 0 aliphatic carbocycles. The van der Waals surface area contributed by atoms with Crippen LogP contribution in [0.5, 0.6) is 5.75 Å². The highest BCUT2D eigenvalue weighted by Gasteiger charge is 2.54. The van der Waals surface area contributed by atoms with Gasteiger partial charge in [0.25, 0.3) is 11.8 Å². The molecule has 316 valence electrons. The number of nitrogens with zero attached hydrogens (tertiary/aromatic N) is 5. The zero-order chi connectivity index (χ0) is 43.3. The fourth-order valence-corrected chi connectivity index (χ4v) is 10.5. The molecule has 16 heteroatoms. The maximum Gasteiger partial charge on any atom is 0.355 e. The maximum absolute atomic E-state index is 14.1. The number of aromatic nitrogens is 3. The summed E-state index contributed by atoms with van der Waals surface area (Å²) in [6.45, 7) is -0.0198. The van der Waals surface area contributed by atoms with Crippen molar-refractivity contribution in [2.24, 2.45) is 5.16 Å². The summed E-state index contributed by atoms with van der Waals surface area (Å²) < 4.78 is 13.0. The number of hydrogen-bond donors (Lipinski definition) is 2. The highest BCUT2D eigenvalue weighted by Crippen LogP contribution is 2.43. The average Bonchev–Trinajstić information content (AvgIpc) is 4.10. The minimum atomic E-state index is -0.972. The van der Waals surface area contributed by atoms with E-state index >= 15 is 0 Å². The monoisotopic (exact) mass is 893 g/mol. The molecule has 2 N–H and O–H groups in total. The van der Waals surface area contributed by atoms with Crippen LogP contribution in [0.2, 0.25) is 0 Å². The average molecular weight is 894 g/mol. The number of amides is 2. The molecule has 13 nitrogen and oxygen atoms in total. The molecule has 7 aromatic rings. The molecule has 0 spiro atoms. The minimum absolute atomic E-state index is 0.0198. The van der Waals surface area contributed by atoms with Crippen molar-refractivity contribution >= 4 is 74.0 Å². The van der Waals surface area contributed by atoms with E-state index in [1.807, 2.05) is 76.5 Å². The molecule has 0 unspecified atom stereocenters. The fraction of sp³-hybridized carbons (Fsp3) is 0.149. The minimum Gasteiger partial charge on any atom is -0.497 e. The van der Waals surface area contributed by atoms with Gasteiger partial charge < -0.3 is 24.9 Å². The topological polar surface area (TPSA) is 149 Å². The van der Waals surface area contributed by atoms with E-state index in [1.54, 1.807) is 60.6 Å². The second-order valence-corrected chi connectivity index (χ2v) is 17.2. The summed E-state index contributed by atoms with van der Waals surface area (Å²) in [7, 11) is 2.92. The molecular weight excluding hydrogens is 855 g/mol. The van der Waals surface area contributed by atoms with Crippen molar-refractivity contribution in [2.45, 2.75) is 23.6 Å². The number of carbonyl (C=O) groups excluding carboxylic acids is 3. The molecule has 1 fully saturated rings. The van der Waals surface area contributed by atoms with Gasteiger partial charge in [-0.05, 0) is 46.0 Å². The van der Waals surface area contributed by atoms with E-state index < -0.39 is 34.7 Å². The molecule has 0 saturated carbocycles. The number of rotatable bonds is 15. The molecule has 2 aliphatic rings. The molecule has 0 bridgehead atoms. The number of thiazole rings is 2. The first kappa shape index (κ1) is 41.3. The first-order valence-electron chi connectivity index (χ1n) is 19.8. The first-order chi connectivity index (χ1) is 30.9. The van der Waals surface area contributed by atoms with Crippen molar-refractivity contribution in [1.82, 2.24) is 24.6 Å². The second-order valence-electron chi connectivity index (χ2n) is 14.4. The SMILES string of the molecule is CO/N=C(\C(=O)N[C@@H]1C(=O)N2C(C(=O)OCc3ccc(OC)cc3)=C(C=Cc3csc4cncn34)CS[C@H]12)c1csc(NC(c2ccccc2)(c2ccccc2)c2ccccc2)n1. The predicted octanol–water partition coefficient (Wildman–Crippen LogP) is 7.73. The number of β-lactam (4-membered cyclic amide) rings is 1. The Labute approximate surface area is 374 Å². The van der Waals surface area contributed by atoms with Crippen LogP contribution in [-0.2, 0) is 36.1 Å². The van der Waals surface area contributed by atoms with E-state index in [0.29, 0.717) is 22.2 Å². The van der Waals surface area contributed by atoms with Crippen molar-refractivity contribution in [2.75, 3.05) is 25.3 Å². The van der Waals surface area contributed by atoms with Crippen LogP contribution in [0.25, 0.3) is 10.9 Å². The van der Waals surface area contributed by atoms with Gasteiger partial charge in [0, 0.05) is 16.5 Å². The molecular formula is C47H39N7O6S3. The van der Waals surface area contributed by atoms with Crippen LogP contribution in [0.3, 0.4) is 0 Å². The number of carbonyl (C=O) groups is 3. The molecule has 4 aromatic carbocycles. The van der Waals surface area contributed by atoms with Crippen molar-refractivity contribution < 1.29 is 28.7 Å². The Morgan fingerprint density at radius 3 is 2.17 bits per heavy atom. The molecule has 5 heterocycles. The number of anilines is 1. The number of nitrogens with one attached hydrogen (secondary N) is 2. The van der Waals surface area contributed by atoms with Crippen molar-refractivity contribution in [3.63, 3.8) is 0 Å². The van der Waals surface area contributed by atoms with E-state index in [2.05, 4.69) is 57.2 Å². The number of hydrogen-bond acceptors (Lipinski definition) is 13. The molecule has 1 saturated heterocycles. The Kier molecular flexibility index (Phi) is 11.9.